The zero-order valence-corrected chi connectivity index (χ0v) is 24.2. The van der Waals surface area contributed by atoms with Crippen LogP contribution in [0.5, 0.6) is 0 Å². The predicted octanol–water partition coefficient (Wildman–Crippen LogP) is 7.85. The summed E-state index contributed by atoms with van der Waals surface area (Å²) in [7, 11) is 0. The van der Waals surface area contributed by atoms with Crippen molar-refractivity contribution in [3.05, 3.63) is 142 Å². The Kier molecular flexibility index (Phi) is 6.29. The lowest BCUT2D eigenvalue weighted by molar-refractivity contribution is 0.0666. The van der Waals surface area contributed by atoms with Crippen molar-refractivity contribution >= 4 is 40.7 Å². The van der Waals surface area contributed by atoms with E-state index in [1.54, 1.807) is 36.4 Å². The summed E-state index contributed by atoms with van der Waals surface area (Å²) < 4.78 is 0. The summed E-state index contributed by atoms with van der Waals surface area (Å²) in [5, 5.41) is 0.546. The van der Waals surface area contributed by atoms with Crippen molar-refractivity contribution in [3.8, 4) is 0 Å². The number of para-hydroxylation sites is 1. The van der Waals surface area contributed by atoms with Gasteiger partial charge in [0.2, 0.25) is 0 Å². The van der Waals surface area contributed by atoms with Gasteiger partial charge in [-0.2, -0.15) is 0 Å². The van der Waals surface area contributed by atoms with Gasteiger partial charge in [-0.25, -0.2) is 0 Å². The second-order valence-electron chi connectivity index (χ2n) is 12.0. The van der Waals surface area contributed by atoms with Crippen LogP contribution >= 0.6 is 11.6 Å². The van der Waals surface area contributed by atoms with Crippen LogP contribution in [0.1, 0.15) is 67.5 Å². The van der Waals surface area contributed by atoms with E-state index >= 15 is 0 Å². The first-order valence-electron chi connectivity index (χ1n) is 14.4. The molecule has 0 bridgehead atoms. The lowest BCUT2D eigenvalue weighted by atomic mass is 9.64. The molecule has 0 N–H and O–H groups in total. The number of Topliss-reactive ketones (excluding diaryl/α,β-unsaturated/α-hetero) is 3. The van der Waals surface area contributed by atoms with Gasteiger partial charge in [0.05, 0.1) is 6.04 Å². The molecule has 0 unspecified atom stereocenters. The van der Waals surface area contributed by atoms with Crippen molar-refractivity contribution in [2.45, 2.75) is 38.3 Å². The van der Waals surface area contributed by atoms with Crippen LogP contribution in [-0.2, 0) is 6.42 Å². The lowest BCUT2D eigenvalue weighted by Gasteiger charge is -2.37. The molecule has 4 aromatic carbocycles. The molecule has 2 aliphatic heterocycles. The molecular weight excluding hydrogens is 542 g/mol. The van der Waals surface area contributed by atoms with Gasteiger partial charge in [-0.15, -0.1) is 0 Å². The first kappa shape index (κ1) is 26.6. The highest BCUT2D eigenvalue weighted by Crippen LogP contribution is 2.61. The molecule has 4 nitrogen and oxygen atoms in total. The second-order valence-corrected chi connectivity index (χ2v) is 12.4. The van der Waals surface area contributed by atoms with E-state index in [-0.39, 0.29) is 17.3 Å². The number of carbonyl (C=O) groups is 3. The molecule has 2 heterocycles. The number of ketones is 3. The highest BCUT2D eigenvalue weighted by atomic mass is 35.5. The van der Waals surface area contributed by atoms with Crippen molar-refractivity contribution in [2.75, 3.05) is 4.90 Å². The molecule has 3 atom stereocenters. The van der Waals surface area contributed by atoms with Crippen molar-refractivity contribution in [2.24, 2.45) is 11.3 Å². The number of carbonyl (C=O) groups excluding carboxylic acids is 3. The number of rotatable bonds is 5. The Morgan fingerprint density at radius 2 is 1.45 bits per heavy atom. The fourth-order valence-electron chi connectivity index (χ4n) is 7.41. The quantitative estimate of drug-likeness (QED) is 0.181. The minimum atomic E-state index is -1.51. The van der Waals surface area contributed by atoms with E-state index in [0.717, 1.165) is 23.2 Å². The smallest absolute Gasteiger partial charge is 0.185 e. The van der Waals surface area contributed by atoms with E-state index in [1.807, 2.05) is 77.7 Å². The summed E-state index contributed by atoms with van der Waals surface area (Å²) in [6.07, 6.45) is 4.85. The molecule has 0 saturated carbocycles. The first-order chi connectivity index (χ1) is 20.3. The molecule has 0 radical (unpaired) electrons. The third kappa shape index (κ3) is 3.78. The van der Waals surface area contributed by atoms with Gasteiger partial charge in [0.1, 0.15) is 11.5 Å². The maximum atomic E-state index is 14.8. The van der Waals surface area contributed by atoms with Crippen LogP contribution in [0, 0.1) is 11.3 Å². The molecule has 7 rings (SSSR count). The summed E-state index contributed by atoms with van der Waals surface area (Å²) in [6.45, 7) is 4.34. The van der Waals surface area contributed by atoms with E-state index in [9.17, 15) is 14.4 Å². The van der Waals surface area contributed by atoms with Gasteiger partial charge in [0, 0.05) is 33.3 Å². The van der Waals surface area contributed by atoms with E-state index < -0.39 is 23.4 Å². The number of benzene rings is 4. The second kappa shape index (κ2) is 9.92. The van der Waals surface area contributed by atoms with Crippen LogP contribution in [0.2, 0.25) is 5.02 Å². The van der Waals surface area contributed by atoms with E-state index in [2.05, 4.69) is 13.8 Å². The summed E-state index contributed by atoms with van der Waals surface area (Å²) in [4.78, 5) is 46.2. The third-order valence-corrected chi connectivity index (χ3v) is 9.35. The number of halogens is 1. The van der Waals surface area contributed by atoms with Crippen molar-refractivity contribution in [1.29, 1.82) is 0 Å². The topological polar surface area (TPSA) is 54.5 Å². The zero-order valence-electron chi connectivity index (χ0n) is 23.5. The van der Waals surface area contributed by atoms with Crippen LogP contribution in [0.25, 0.3) is 6.08 Å². The highest BCUT2D eigenvalue weighted by Gasteiger charge is 2.71. The SMILES string of the molecule is CC(C)Cc1ccc(C(=O)[C@@H]2[C@H](c3ccc(Cl)cc3)C3(C(=O)c4ccccc4C3=O)[C@@H]3C=Cc4ccccc4N23)cc1. The maximum absolute atomic E-state index is 14.8. The minimum absolute atomic E-state index is 0.116. The summed E-state index contributed by atoms with van der Waals surface area (Å²) in [6, 6.07) is 28.5. The normalized spacial score (nSPS) is 21.5. The molecule has 1 saturated heterocycles. The number of hydrogen-bond acceptors (Lipinski definition) is 4. The first-order valence-corrected chi connectivity index (χ1v) is 14.8. The Hall–Kier alpha value is -4.28. The molecule has 5 heteroatoms. The molecule has 0 amide bonds. The highest BCUT2D eigenvalue weighted by molar-refractivity contribution is 6.32. The molecule has 1 spiro atoms. The summed E-state index contributed by atoms with van der Waals surface area (Å²) in [5.74, 6) is -0.830. The van der Waals surface area contributed by atoms with Crippen molar-refractivity contribution in [3.63, 3.8) is 0 Å². The predicted molar refractivity (Wildman–Crippen MR) is 167 cm³/mol. The summed E-state index contributed by atoms with van der Waals surface area (Å²) >= 11 is 6.31. The van der Waals surface area contributed by atoms with Crippen LogP contribution in [0.3, 0.4) is 0 Å². The molecule has 0 aromatic heterocycles. The fraction of sp³-hybridized carbons (Fsp3) is 0.216. The molecule has 1 fully saturated rings. The van der Waals surface area contributed by atoms with E-state index in [0.29, 0.717) is 27.6 Å². The number of nitrogens with zero attached hydrogens (tertiary/aromatic N) is 1. The van der Waals surface area contributed by atoms with Gasteiger partial charge in [0.25, 0.3) is 0 Å². The van der Waals surface area contributed by atoms with Gasteiger partial charge in [-0.1, -0.05) is 116 Å². The average Bonchev–Trinajstić information content (AvgIpc) is 3.43. The van der Waals surface area contributed by atoms with Crippen molar-refractivity contribution < 1.29 is 14.4 Å². The van der Waals surface area contributed by atoms with Gasteiger partial charge in [-0.05, 0) is 47.2 Å². The average molecular weight is 572 g/mol. The Morgan fingerprint density at radius 1 is 0.833 bits per heavy atom. The molecule has 208 valence electrons. The Morgan fingerprint density at radius 3 is 2.10 bits per heavy atom. The van der Waals surface area contributed by atoms with Gasteiger partial charge < -0.3 is 4.90 Å². The largest absolute Gasteiger partial charge is 0.352 e. The molecule has 4 aromatic rings. The number of fused-ring (bicyclic) bond motifs is 5. The maximum Gasteiger partial charge on any atom is 0.185 e. The molecular formula is C37H30ClNO3. The third-order valence-electron chi connectivity index (χ3n) is 9.09. The molecule has 42 heavy (non-hydrogen) atoms. The van der Waals surface area contributed by atoms with Gasteiger partial charge >= 0.3 is 0 Å². The zero-order chi connectivity index (χ0) is 29.2. The molecule has 1 aliphatic carbocycles. The monoisotopic (exact) mass is 571 g/mol. The standard InChI is InChI=1S/C37H30ClNO3/c1-22(2)21-23-11-13-26(14-12-23)34(40)33-32(25-15-18-27(38)19-16-25)37(35(41)28-8-4-5-9-29(28)36(37)42)31-20-17-24-7-3-6-10-30(24)39(31)33/h3-20,22,31-33H,21H2,1-2H3/t31-,32-,33-/m0/s1. The van der Waals surface area contributed by atoms with Crippen LogP contribution in [0.15, 0.2) is 103 Å². The van der Waals surface area contributed by atoms with Crippen molar-refractivity contribution in [1.82, 2.24) is 0 Å². The summed E-state index contributed by atoms with van der Waals surface area (Å²) in [5.41, 5.74) is 3.57. The number of hydrogen-bond donors (Lipinski definition) is 0. The van der Waals surface area contributed by atoms with E-state index in [1.165, 1.54) is 5.56 Å². The number of anilines is 1. The lowest BCUT2D eigenvalue weighted by Crippen LogP contribution is -2.48. The Bertz CT molecular complexity index is 1730. The van der Waals surface area contributed by atoms with Crippen LogP contribution in [-0.4, -0.2) is 29.4 Å². The van der Waals surface area contributed by atoms with Crippen LogP contribution in [0.4, 0.5) is 5.69 Å². The van der Waals surface area contributed by atoms with Gasteiger partial charge in [-0.3, -0.25) is 14.4 Å². The Labute approximate surface area is 250 Å². The van der Waals surface area contributed by atoms with E-state index in [4.69, 9.17) is 11.6 Å². The van der Waals surface area contributed by atoms with Crippen LogP contribution < -0.4 is 4.90 Å². The Balaban J connectivity index is 1.48. The van der Waals surface area contributed by atoms with Gasteiger partial charge in [0.15, 0.2) is 17.3 Å². The fourth-order valence-corrected chi connectivity index (χ4v) is 7.53. The minimum Gasteiger partial charge on any atom is -0.352 e. The molecule has 3 aliphatic rings.